The van der Waals surface area contributed by atoms with Gasteiger partial charge in [-0.2, -0.15) is 0 Å². The van der Waals surface area contributed by atoms with E-state index in [1.807, 2.05) is 40.9 Å². The lowest BCUT2D eigenvalue weighted by atomic mass is 10.1. The van der Waals surface area contributed by atoms with Gasteiger partial charge in [0.25, 0.3) is 5.97 Å². The number of carbonyl (C=O) groups is 1. The Morgan fingerprint density at radius 2 is 1.71 bits per heavy atom. The lowest BCUT2D eigenvalue weighted by molar-refractivity contribution is -0.134. The Hall–Kier alpha value is -3.68. The van der Waals surface area contributed by atoms with Gasteiger partial charge in [-0.1, -0.05) is 0 Å². The van der Waals surface area contributed by atoms with Crippen molar-refractivity contribution in [2.45, 2.75) is 6.92 Å². The summed E-state index contributed by atoms with van der Waals surface area (Å²) in [6.45, 7) is 1.08. The van der Waals surface area contributed by atoms with Crippen molar-refractivity contribution in [1.82, 2.24) is 9.38 Å². The normalized spacial score (nSPS) is 10.6. The second-order valence-electron chi connectivity index (χ2n) is 6.01. The number of methoxy groups -OCH3 is 3. The van der Waals surface area contributed by atoms with Crippen LogP contribution < -0.4 is 19.9 Å². The Labute approximate surface area is 161 Å². The van der Waals surface area contributed by atoms with Crippen LogP contribution >= 0.6 is 0 Å². The number of hydrogen-bond acceptors (Lipinski definition) is 6. The number of carboxylic acid groups (broad SMARTS) is 1. The van der Waals surface area contributed by atoms with E-state index in [9.17, 15) is 0 Å². The summed E-state index contributed by atoms with van der Waals surface area (Å²) in [6.07, 6.45) is 2.03. The van der Waals surface area contributed by atoms with Crippen molar-refractivity contribution in [3.05, 3.63) is 36.5 Å². The highest BCUT2D eigenvalue weighted by Crippen LogP contribution is 2.37. The molecule has 146 valence electrons. The second kappa shape index (κ2) is 7.51. The molecule has 2 heterocycles. The van der Waals surface area contributed by atoms with Crippen LogP contribution in [0.25, 0.3) is 27.3 Å². The maximum Gasteiger partial charge on any atom is 0.300 e. The van der Waals surface area contributed by atoms with Crippen molar-refractivity contribution in [2.24, 2.45) is 0 Å². The first-order valence-corrected chi connectivity index (χ1v) is 8.39. The summed E-state index contributed by atoms with van der Waals surface area (Å²) in [5.74, 6) is 1.71. The molecule has 0 saturated heterocycles. The van der Waals surface area contributed by atoms with Crippen LogP contribution in [0.3, 0.4) is 0 Å². The highest BCUT2D eigenvalue weighted by molar-refractivity contribution is 6.06. The fraction of sp³-hybridized carbons (Fsp3) is 0.200. The first kappa shape index (κ1) is 19.1. The van der Waals surface area contributed by atoms with E-state index in [0.717, 1.165) is 40.0 Å². The van der Waals surface area contributed by atoms with Gasteiger partial charge in [-0.15, -0.1) is 0 Å². The van der Waals surface area contributed by atoms with Gasteiger partial charge in [0.1, 0.15) is 11.6 Å². The van der Waals surface area contributed by atoms with E-state index in [-0.39, 0.29) is 0 Å². The molecule has 0 bridgehead atoms. The van der Waals surface area contributed by atoms with Gasteiger partial charge in [-0.25, -0.2) is 4.98 Å². The minimum atomic E-state index is -0.833. The number of aromatic nitrogens is 2. The smallest absolute Gasteiger partial charge is 0.300 e. The van der Waals surface area contributed by atoms with E-state index in [4.69, 9.17) is 29.8 Å². The lowest BCUT2D eigenvalue weighted by Crippen LogP contribution is -1.98. The van der Waals surface area contributed by atoms with Crippen molar-refractivity contribution in [3.63, 3.8) is 0 Å². The molecule has 4 rings (SSSR count). The van der Waals surface area contributed by atoms with Gasteiger partial charge < -0.3 is 29.5 Å². The molecule has 0 saturated carbocycles. The number of anilines is 1. The van der Waals surface area contributed by atoms with Gasteiger partial charge in [-0.3, -0.25) is 4.79 Å². The maximum absolute atomic E-state index is 9.00. The highest BCUT2D eigenvalue weighted by atomic mass is 16.5. The fourth-order valence-electron chi connectivity index (χ4n) is 3.10. The zero-order valence-electron chi connectivity index (χ0n) is 16.0. The van der Waals surface area contributed by atoms with Crippen molar-refractivity contribution in [3.8, 4) is 17.2 Å². The van der Waals surface area contributed by atoms with Gasteiger partial charge in [0, 0.05) is 30.0 Å². The Morgan fingerprint density at radius 1 is 1.07 bits per heavy atom. The topological polar surface area (TPSA) is 108 Å². The number of ether oxygens (including phenoxy) is 3. The summed E-state index contributed by atoms with van der Waals surface area (Å²) >= 11 is 0. The average Bonchev–Trinajstić information content (AvgIpc) is 3.05. The summed E-state index contributed by atoms with van der Waals surface area (Å²) in [7, 11) is 4.87. The molecule has 3 N–H and O–H groups in total. The number of benzene rings is 2. The molecular formula is C20H21N3O5. The predicted octanol–water partition coefficient (Wildman–Crippen LogP) is 3.34. The van der Waals surface area contributed by atoms with Crippen LogP contribution in [0.1, 0.15) is 6.92 Å². The number of fused-ring (bicyclic) bond motifs is 5. The molecule has 0 fully saturated rings. The van der Waals surface area contributed by atoms with E-state index in [1.54, 1.807) is 21.3 Å². The summed E-state index contributed by atoms with van der Waals surface area (Å²) < 4.78 is 18.1. The molecule has 0 unspecified atom stereocenters. The molecule has 0 spiro atoms. The molecule has 0 atom stereocenters. The maximum atomic E-state index is 9.00. The Balaban J connectivity index is 0.000000516. The third kappa shape index (κ3) is 3.32. The van der Waals surface area contributed by atoms with Crippen LogP contribution in [0.5, 0.6) is 17.2 Å². The molecule has 0 aliphatic heterocycles. The molecule has 0 aliphatic carbocycles. The van der Waals surface area contributed by atoms with Crippen LogP contribution in [0.15, 0.2) is 36.5 Å². The average molecular weight is 383 g/mol. The van der Waals surface area contributed by atoms with Gasteiger partial charge in [0.15, 0.2) is 11.5 Å². The quantitative estimate of drug-likeness (QED) is 0.558. The number of nitrogens with two attached hydrogens (primary N) is 1. The highest BCUT2D eigenvalue weighted by Gasteiger charge is 2.15. The van der Waals surface area contributed by atoms with Crippen LogP contribution in [0.2, 0.25) is 0 Å². The third-order valence-electron chi connectivity index (χ3n) is 4.25. The standard InChI is InChI=1S/C18H17N3O3.C2H4O2/c1-22-11-4-5-14-13(7-11)20-18(19)17-12-8-16(24-3)15(23-2)6-10(12)9-21(14)17;1-2(3)4/h4-9H,1-3H3,(H2,19,20);1H3,(H,3,4). The molecule has 0 aliphatic rings. The molecule has 2 aromatic heterocycles. The van der Waals surface area contributed by atoms with Crippen LogP contribution in [-0.4, -0.2) is 41.8 Å². The minimum absolute atomic E-state index is 0.456. The zero-order chi connectivity index (χ0) is 20.4. The van der Waals surface area contributed by atoms with Crippen LogP contribution in [0.4, 0.5) is 5.82 Å². The molecule has 0 radical (unpaired) electrons. The van der Waals surface area contributed by atoms with E-state index >= 15 is 0 Å². The number of hydrogen-bond donors (Lipinski definition) is 2. The predicted molar refractivity (Wildman–Crippen MR) is 108 cm³/mol. The van der Waals surface area contributed by atoms with Crippen molar-refractivity contribution in [2.75, 3.05) is 27.1 Å². The molecular weight excluding hydrogens is 362 g/mol. The zero-order valence-corrected chi connectivity index (χ0v) is 16.0. The number of aliphatic carboxylic acids is 1. The molecule has 8 heteroatoms. The molecule has 28 heavy (non-hydrogen) atoms. The van der Waals surface area contributed by atoms with Gasteiger partial charge in [0.2, 0.25) is 0 Å². The number of rotatable bonds is 3. The largest absolute Gasteiger partial charge is 0.497 e. The SMILES string of the molecule is CC(=O)O.COc1ccc2c(c1)nc(N)c1c3cc(OC)c(OC)cc3cn21. The second-order valence-corrected chi connectivity index (χ2v) is 6.01. The first-order valence-electron chi connectivity index (χ1n) is 8.39. The van der Waals surface area contributed by atoms with Crippen molar-refractivity contribution in [1.29, 1.82) is 0 Å². The van der Waals surface area contributed by atoms with Crippen molar-refractivity contribution < 1.29 is 24.1 Å². The number of nitrogens with zero attached hydrogens (tertiary/aromatic N) is 2. The van der Waals surface area contributed by atoms with E-state index < -0.39 is 5.97 Å². The Bertz CT molecular complexity index is 1180. The van der Waals surface area contributed by atoms with Gasteiger partial charge >= 0.3 is 0 Å². The summed E-state index contributed by atoms with van der Waals surface area (Å²) in [5, 5.41) is 9.39. The van der Waals surface area contributed by atoms with E-state index in [2.05, 4.69) is 4.98 Å². The summed E-state index contributed by atoms with van der Waals surface area (Å²) in [5.41, 5.74) is 8.82. The fourth-order valence-corrected chi connectivity index (χ4v) is 3.10. The lowest BCUT2D eigenvalue weighted by Gasteiger charge is -2.08. The monoisotopic (exact) mass is 383 g/mol. The minimum Gasteiger partial charge on any atom is -0.497 e. The van der Waals surface area contributed by atoms with Crippen molar-refractivity contribution >= 4 is 39.1 Å². The van der Waals surface area contributed by atoms with E-state index in [0.29, 0.717) is 17.3 Å². The first-order chi connectivity index (χ1) is 13.4. The molecule has 4 aromatic rings. The van der Waals surface area contributed by atoms with Crippen LogP contribution in [0, 0.1) is 0 Å². The summed E-state index contributed by atoms with van der Waals surface area (Å²) in [6, 6.07) is 9.62. The summed E-state index contributed by atoms with van der Waals surface area (Å²) in [4.78, 5) is 13.5. The van der Waals surface area contributed by atoms with Crippen LogP contribution in [-0.2, 0) is 4.79 Å². The third-order valence-corrected chi connectivity index (χ3v) is 4.25. The molecule has 2 aromatic carbocycles. The molecule has 8 nitrogen and oxygen atoms in total. The molecule has 0 amide bonds. The van der Waals surface area contributed by atoms with Gasteiger partial charge in [-0.05, 0) is 24.3 Å². The number of nitrogen functional groups attached to an aromatic ring is 1. The Kier molecular flexibility index (Phi) is 5.12. The van der Waals surface area contributed by atoms with Gasteiger partial charge in [0.05, 0.1) is 37.9 Å². The number of carboxylic acids is 1. The Morgan fingerprint density at radius 3 is 2.32 bits per heavy atom. The van der Waals surface area contributed by atoms with E-state index in [1.165, 1.54) is 0 Å².